The lowest BCUT2D eigenvalue weighted by Gasteiger charge is -2.14. The van der Waals surface area contributed by atoms with Gasteiger partial charge in [0.05, 0.1) is 5.41 Å². The zero-order valence-corrected chi connectivity index (χ0v) is 9.78. The molecule has 0 aromatic heterocycles. The second-order valence-electron chi connectivity index (χ2n) is 4.73. The Labute approximate surface area is 90.9 Å². The first-order valence-electron chi connectivity index (χ1n) is 5.37. The number of para-hydroxylation sites is 1. The molecule has 0 amide bonds. The van der Waals surface area contributed by atoms with Crippen LogP contribution < -0.4 is 0 Å². The van der Waals surface area contributed by atoms with Gasteiger partial charge in [-0.25, -0.2) is 0 Å². The van der Waals surface area contributed by atoms with Crippen molar-refractivity contribution < 1.29 is 9.68 Å². The summed E-state index contributed by atoms with van der Waals surface area (Å²) in [4.78, 5) is 0. The van der Waals surface area contributed by atoms with Crippen LogP contribution in [0, 0.1) is 0 Å². The van der Waals surface area contributed by atoms with Crippen LogP contribution in [0.3, 0.4) is 0 Å². The maximum Gasteiger partial charge on any atom is 0.257 e. The monoisotopic (exact) mass is 204 g/mol. The maximum absolute atomic E-state index is 9.81. The molecule has 0 saturated carbocycles. The van der Waals surface area contributed by atoms with Gasteiger partial charge in [-0.2, -0.15) is 4.58 Å². The highest BCUT2D eigenvalue weighted by Crippen LogP contribution is 2.39. The molecule has 1 heterocycles. The second kappa shape index (κ2) is 3.17. The first kappa shape index (κ1) is 10.4. The molecule has 0 saturated heterocycles. The fraction of sp³-hybridized carbons (Fsp3) is 0.462. The first-order chi connectivity index (χ1) is 6.96. The predicted octanol–water partition coefficient (Wildman–Crippen LogP) is 2.42. The number of rotatable bonds is 1. The molecule has 0 aliphatic carbocycles. The van der Waals surface area contributed by atoms with Crippen LogP contribution in [-0.2, 0) is 5.41 Å². The summed E-state index contributed by atoms with van der Waals surface area (Å²) in [6.45, 7) is 8.29. The van der Waals surface area contributed by atoms with Gasteiger partial charge in [-0.1, -0.05) is 18.2 Å². The number of aliphatic hydroxyl groups excluding tert-OH is 1. The number of hydrogen-bond donors (Lipinski definition) is 1. The van der Waals surface area contributed by atoms with E-state index in [1.807, 2.05) is 17.6 Å². The minimum absolute atomic E-state index is 0.0214. The van der Waals surface area contributed by atoms with Gasteiger partial charge in [0.1, 0.15) is 0 Å². The summed E-state index contributed by atoms with van der Waals surface area (Å²) in [6.07, 6.45) is -0.465. The molecule has 1 aromatic rings. The minimum Gasteiger partial charge on any atom is -0.337 e. The Morgan fingerprint density at radius 3 is 2.47 bits per heavy atom. The van der Waals surface area contributed by atoms with Gasteiger partial charge in [0, 0.05) is 25.5 Å². The van der Waals surface area contributed by atoms with E-state index >= 15 is 0 Å². The third-order valence-electron chi connectivity index (χ3n) is 3.48. The van der Waals surface area contributed by atoms with Crippen molar-refractivity contribution in [3.05, 3.63) is 29.8 Å². The Balaban J connectivity index is 2.71. The highest BCUT2D eigenvalue weighted by Gasteiger charge is 2.44. The molecule has 0 fully saturated rings. The van der Waals surface area contributed by atoms with E-state index < -0.39 is 6.23 Å². The topological polar surface area (TPSA) is 23.2 Å². The SMILES string of the molecule is CC1=[N+](C(C)O)c2ccccc2C1(C)C. The summed E-state index contributed by atoms with van der Waals surface area (Å²) in [5, 5.41) is 9.81. The molecule has 1 aliphatic rings. The van der Waals surface area contributed by atoms with Crippen molar-refractivity contribution in [1.29, 1.82) is 0 Å². The Hall–Kier alpha value is -1.15. The number of fused-ring (bicyclic) bond motifs is 1. The van der Waals surface area contributed by atoms with Gasteiger partial charge in [-0.3, -0.25) is 0 Å². The molecule has 1 atom stereocenters. The van der Waals surface area contributed by atoms with Gasteiger partial charge >= 0.3 is 0 Å². The summed E-state index contributed by atoms with van der Waals surface area (Å²) in [5.41, 5.74) is 3.66. The van der Waals surface area contributed by atoms with Crippen LogP contribution in [0.15, 0.2) is 24.3 Å². The molecule has 1 aromatic carbocycles. The average Bonchev–Trinajstić information content (AvgIpc) is 2.36. The smallest absolute Gasteiger partial charge is 0.257 e. The van der Waals surface area contributed by atoms with Crippen molar-refractivity contribution in [2.24, 2.45) is 0 Å². The molecule has 1 aliphatic heterocycles. The summed E-state index contributed by atoms with van der Waals surface area (Å²) < 4.78 is 2.01. The lowest BCUT2D eigenvalue weighted by molar-refractivity contribution is -0.530. The van der Waals surface area contributed by atoms with Crippen molar-refractivity contribution in [3.8, 4) is 0 Å². The Kier molecular flexibility index (Phi) is 2.19. The van der Waals surface area contributed by atoms with E-state index in [2.05, 4.69) is 39.0 Å². The van der Waals surface area contributed by atoms with Gasteiger partial charge in [-0.05, 0) is 13.8 Å². The van der Waals surface area contributed by atoms with E-state index in [0.29, 0.717) is 0 Å². The zero-order valence-electron chi connectivity index (χ0n) is 9.78. The number of nitrogens with zero attached hydrogens (tertiary/aromatic N) is 1. The predicted molar refractivity (Wildman–Crippen MR) is 61.8 cm³/mol. The molecule has 80 valence electrons. The first-order valence-corrected chi connectivity index (χ1v) is 5.37. The van der Waals surface area contributed by atoms with Crippen molar-refractivity contribution in [3.63, 3.8) is 0 Å². The largest absolute Gasteiger partial charge is 0.337 e. The molecule has 15 heavy (non-hydrogen) atoms. The van der Waals surface area contributed by atoms with E-state index in [4.69, 9.17) is 0 Å². The van der Waals surface area contributed by atoms with Gasteiger partial charge in [0.25, 0.3) is 6.23 Å². The molecular weight excluding hydrogens is 186 g/mol. The average molecular weight is 204 g/mol. The quantitative estimate of drug-likeness (QED) is 0.698. The molecular formula is C13H18NO+. The van der Waals surface area contributed by atoms with E-state index in [9.17, 15) is 5.11 Å². The summed E-state index contributed by atoms with van der Waals surface area (Å²) in [7, 11) is 0. The normalized spacial score (nSPS) is 20.3. The van der Waals surface area contributed by atoms with E-state index in [0.717, 1.165) is 5.69 Å². The van der Waals surface area contributed by atoms with Gasteiger partial charge in [-0.15, -0.1) is 0 Å². The number of hydrogen-bond acceptors (Lipinski definition) is 1. The maximum atomic E-state index is 9.81. The number of aliphatic hydroxyl groups is 1. The van der Waals surface area contributed by atoms with Gasteiger partial charge in [0.2, 0.25) is 5.69 Å². The van der Waals surface area contributed by atoms with E-state index in [1.165, 1.54) is 11.3 Å². The van der Waals surface area contributed by atoms with Gasteiger partial charge < -0.3 is 5.11 Å². The summed E-state index contributed by atoms with van der Waals surface area (Å²) >= 11 is 0. The lowest BCUT2D eigenvalue weighted by Crippen LogP contribution is -2.29. The van der Waals surface area contributed by atoms with Crippen LogP contribution in [0.25, 0.3) is 0 Å². The zero-order chi connectivity index (χ0) is 11.2. The second-order valence-corrected chi connectivity index (χ2v) is 4.73. The highest BCUT2D eigenvalue weighted by molar-refractivity contribution is 5.93. The van der Waals surface area contributed by atoms with Crippen LogP contribution in [0.5, 0.6) is 0 Å². The van der Waals surface area contributed by atoms with Crippen LogP contribution >= 0.6 is 0 Å². The molecule has 0 spiro atoms. The van der Waals surface area contributed by atoms with E-state index in [-0.39, 0.29) is 5.41 Å². The molecule has 2 rings (SSSR count). The Morgan fingerprint density at radius 1 is 1.27 bits per heavy atom. The van der Waals surface area contributed by atoms with Crippen molar-refractivity contribution in [2.45, 2.75) is 39.3 Å². The van der Waals surface area contributed by atoms with Crippen molar-refractivity contribution in [2.75, 3.05) is 0 Å². The minimum atomic E-state index is -0.465. The Bertz CT molecular complexity index is 430. The fourth-order valence-electron chi connectivity index (χ4n) is 2.37. The summed E-state index contributed by atoms with van der Waals surface area (Å²) in [5.74, 6) is 0. The fourth-order valence-corrected chi connectivity index (χ4v) is 2.37. The molecule has 1 N–H and O–H groups in total. The van der Waals surface area contributed by atoms with E-state index in [1.54, 1.807) is 0 Å². The molecule has 2 nitrogen and oxygen atoms in total. The van der Waals surface area contributed by atoms with Crippen LogP contribution in [0.2, 0.25) is 0 Å². The molecule has 0 bridgehead atoms. The van der Waals surface area contributed by atoms with Crippen LogP contribution in [0.4, 0.5) is 5.69 Å². The third-order valence-corrected chi connectivity index (χ3v) is 3.48. The highest BCUT2D eigenvalue weighted by atomic mass is 16.3. The third kappa shape index (κ3) is 1.32. The standard InChI is InChI=1S/C13H18NO/c1-9-13(3,4)11-7-5-6-8-12(11)14(9)10(2)15/h5-8,10,15H,1-4H3/q+1. The molecule has 2 heteroatoms. The lowest BCUT2D eigenvalue weighted by atomic mass is 9.82. The summed E-state index contributed by atoms with van der Waals surface area (Å²) in [6, 6.07) is 8.28. The van der Waals surface area contributed by atoms with Gasteiger partial charge in [0.15, 0.2) is 5.71 Å². The number of benzene rings is 1. The van der Waals surface area contributed by atoms with Crippen LogP contribution in [-0.4, -0.2) is 21.6 Å². The molecule has 1 unspecified atom stereocenters. The molecule has 0 radical (unpaired) electrons. The van der Waals surface area contributed by atoms with Crippen molar-refractivity contribution in [1.82, 2.24) is 0 Å². The Morgan fingerprint density at radius 2 is 1.87 bits per heavy atom. The van der Waals surface area contributed by atoms with Crippen LogP contribution in [0.1, 0.15) is 33.3 Å². The van der Waals surface area contributed by atoms with Crippen molar-refractivity contribution >= 4 is 11.4 Å².